The van der Waals surface area contributed by atoms with Crippen molar-refractivity contribution in [3.63, 3.8) is 0 Å². The van der Waals surface area contributed by atoms with Crippen molar-refractivity contribution in [3.8, 4) is 0 Å². The zero-order valence-corrected chi connectivity index (χ0v) is 17.7. The first kappa shape index (κ1) is 21.5. The third-order valence-electron chi connectivity index (χ3n) is 4.56. The fourth-order valence-corrected chi connectivity index (χ4v) is 4.00. The molecule has 164 valence electrons. The lowest BCUT2D eigenvalue weighted by Gasteiger charge is -2.11. The van der Waals surface area contributed by atoms with E-state index in [0.717, 1.165) is 12.1 Å². The van der Waals surface area contributed by atoms with Crippen molar-refractivity contribution in [2.75, 3.05) is 15.8 Å². The van der Waals surface area contributed by atoms with E-state index in [1.54, 1.807) is 24.4 Å². The van der Waals surface area contributed by atoms with Crippen LogP contribution in [0.4, 0.5) is 26.1 Å². The average molecular weight is 456 g/mol. The fraction of sp³-hybridized carbons (Fsp3) is 0.143. The van der Waals surface area contributed by atoms with Crippen molar-refractivity contribution >= 4 is 45.1 Å². The number of aromatic nitrogens is 4. The highest BCUT2D eigenvalue weighted by molar-refractivity contribution is 7.86. The second kappa shape index (κ2) is 9.18. The highest BCUT2D eigenvalue weighted by Gasteiger charge is 2.26. The van der Waals surface area contributed by atoms with Crippen molar-refractivity contribution in [2.24, 2.45) is 0 Å². The molecule has 1 aromatic carbocycles. The van der Waals surface area contributed by atoms with Crippen LogP contribution >= 0.6 is 0 Å². The second-order valence-electron chi connectivity index (χ2n) is 6.75. The Kier molecular flexibility index (Phi) is 6.17. The average Bonchev–Trinajstić information content (AvgIpc) is 3.22. The lowest BCUT2D eigenvalue weighted by Crippen LogP contribution is -2.13. The molecule has 0 amide bonds. The number of carbonyl (C=O) groups is 1. The number of pyridine rings is 1. The van der Waals surface area contributed by atoms with Gasteiger partial charge in [-0.05, 0) is 30.7 Å². The number of hydrogen-bond donors (Lipinski definition) is 3. The summed E-state index contributed by atoms with van der Waals surface area (Å²) in [6.07, 6.45) is 4.79. The topological polar surface area (TPSA) is 113 Å². The Labute approximate surface area is 184 Å². The van der Waals surface area contributed by atoms with Crippen molar-refractivity contribution in [3.05, 3.63) is 71.8 Å². The molecule has 0 saturated carbocycles. The minimum atomic E-state index is -1.56. The molecule has 8 nitrogen and oxygen atoms in total. The van der Waals surface area contributed by atoms with E-state index in [1.165, 1.54) is 12.5 Å². The Bertz CT molecular complexity index is 1310. The highest BCUT2D eigenvalue weighted by Crippen LogP contribution is 2.30. The van der Waals surface area contributed by atoms with Gasteiger partial charge in [0.05, 0.1) is 22.2 Å². The molecule has 1 atom stereocenters. The van der Waals surface area contributed by atoms with Crippen LogP contribution in [0.5, 0.6) is 0 Å². The maximum atomic E-state index is 15.1. The molecular weight excluding hydrogens is 438 g/mol. The lowest BCUT2D eigenvalue weighted by molar-refractivity contribution is 0.103. The number of anilines is 3. The molecule has 11 heteroatoms. The number of nitrogens with zero attached hydrogens (tertiary/aromatic N) is 3. The standard InChI is InChI=1S/C21H18F2N6O2S/c1-2-9-32(31)29-14-7-6-13(22)17(18(14)23)19(30)12-10-25-20-16(12)21(27-11-26-20)28-15-5-3-4-8-24-15/h3-8,10-11,29H,2,9H2,1H3,(H2,24,25,26,27,28). The molecular formula is C21H18F2N6O2S. The summed E-state index contributed by atoms with van der Waals surface area (Å²) in [4.78, 5) is 28.5. The lowest BCUT2D eigenvalue weighted by atomic mass is 10.0. The summed E-state index contributed by atoms with van der Waals surface area (Å²) < 4.78 is 44.1. The van der Waals surface area contributed by atoms with Crippen LogP contribution in [0, 0.1) is 11.6 Å². The quantitative estimate of drug-likeness (QED) is 0.344. The molecule has 0 aliphatic carbocycles. The Morgan fingerprint density at radius 3 is 2.75 bits per heavy atom. The first-order valence-corrected chi connectivity index (χ1v) is 11.0. The molecule has 0 spiro atoms. The number of carbonyl (C=O) groups excluding carboxylic acids is 1. The van der Waals surface area contributed by atoms with Gasteiger partial charge in [0, 0.05) is 18.1 Å². The maximum Gasteiger partial charge on any atom is 0.201 e. The smallest absolute Gasteiger partial charge is 0.201 e. The SMILES string of the molecule is CCCS(=O)Nc1ccc(F)c(C(=O)c2c[nH]c3ncnc(Nc4ccccn4)c23)c1F. The predicted molar refractivity (Wildman–Crippen MR) is 118 cm³/mol. The van der Waals surface area contributed by atoms with Crippen LogP contribution in [-0.2, 0) is 11.0 Å². The van der Waals surface area contributed by atoms with E-state index in [2.05, 4.69) is 30.0 Å². The van der Waals surface area contributed by atoms with Gasteiger partial charge in [-0.25, -0.2) is 27.9 Å². The largest absolute Gasteiger partial charge is 0.345 e. The Balaban J connectivity index is 1.77. The Morgan fingerprint density at radius 1 is 1.16 bits per heavy atom. The minimum absolute atomic E-state index is 0.0244. The van der Waals surface area contributed by atoms with E-state index in [0.29, 0.717) is 17.9 Å². The summed E-state index contributed by atoms with van der Waals surface area (Å²) in [7, 11) is -1.56. The van der Waals surface area contributed by atoms with Crippen LogP contribution in [-0.4, -0.2) is 35.7 Å². The van der Waals surface area contributed by atoms with Gasteiger partial charge in [0.25, 0.3) is 0 Å². The first-order valence-electron chi connectivity index (χ1n) is 9.67. The van der Waals surface area contributed by atoms with Gasteiger partial charge in [0.2, 0.25) is 5.78 Å². The van der Waals surface area contributed by atoms with Crippen LogP contribution < -0.4 is 10.0 Å². The van der Waals surface area contributed by atoms with Gasteiger partial charge in [-0.3, -0.25) is 4.79 Å². The monoisotopic (exact) mass is 456 g/mol. The summed E-state index contributed by atoms with van der Waals surface area (Å²) in [6, 6.07) is 7.28. The van der Waals surface area contributed by atoms with Crippen molar-refractivity contribution in [1.29, 1.82) is 0 Å². The number of hydrogen-bond acceptors (Lipinski definition) is 6. The van der Waals surface area contributed by atoms with Crippen LogP contribution in [0.1, 0.15) is 29.3 Å². The number of ketones is 1. The van der Waals surface area contributed by atoms with Crippen molar-refractivity contribution < 1.29 is 17.8 Å². The van der Waals surface area contributed by atoms with E-state index in [1.807, 2.05) is 6.92 Å². The number of fused-ring (bicyclic) bond motifs is 1. The number of benzene rings is 1. The van der Waals surface area contributed by atoms with Gasteiger partial charge in [-0.15, -0.1) is 0 Å². The van der Waals surface area contributed by atoms with Gasteiger partial charge in [-0.1, -0.05) is 13.0 Å². The highest BCUT2D eigenvalue weighted by atomic mass is 32.2. The number of aromatic amines is 1. The molecule has 1 unspecified atom stereocenters. The summed E-state index contributed by atoms with van der Waals surface area (Å²) in [5, 5.41) is 3.25. The third-order valence-corrected chi connectivity index (χ3v) is 5.78. The molecule has 3 aromatic heterocycles. The van der Waals surface area contributed by atoms with Gasteiger partial charge < -0.3 is 15.0 Å². The summed E-state index contributed by atoms with van der Waals surface area (Å²) in [5.74, 6) is -2.07. The van der Waals surface area contributed by atoms with Gasteiger partial charge >= 0.3 is 0 Å². The van der Waals surface area contributed by atoms with E-state index in [-0.39, 0.29) is 28.2 Å². The molecule has 0 aliphatic heterocycles. The first-order chi connectivity index (χ1) is 15.5. The van der Waals surface area contributed by atoms with E-state index < -0.39 is 34.0 Å². The van der Waals surface area contributed by atoms with E-state index in [4.69, 9.17) is 0 Å². The molecule has 4 rings (SSSR count). The van der Waals surface area contributed by atoms with Gasteiger partial charge in [-0.2, -0.15) is 0 Å². The zero-order chi connectivity index (χ0) is 22.7. The summed E-state index contributed by atoms with van der Waals surface area (Å²) in [6.45, 7) is 1.82. The van der Waals surface area contributed by atoms with E-state index >= 15 is 4.39 Å². The fourth-order valence-electron chi connectivity index (χ4n) is 3.13. The minimum Gasteiger partial charge on any atom is -0.345 e. The maximum absolute atomic E-state index is 15.1. The molecule has 0 aliphatic rings. The molecule has 3 heterocycles. The number of rotatable bonds is 8. The van der Waals surface area contributed by atoms with E-state index in [9.17, 15) is 13.4 Å². The van der Waals surface area contributed by atoms with Crippen LogP contribution in [0.15, 0.2) is 49.1 Å². The van der Waals surface area contributed by atoms with Crippen LogP contribution in [0.25, 0.3) is 11.0 Å². The predicted octanol–water partition coefficient (Wildman–Crippen LogP) is 4.09. The molecule has 0 bridgehead atoms. The summed E-state index contributed by atoms with van der Waals surface area (Å²) >= 11 is 0. The van der Waals surface area contributed by atoms with Gasteiger partial charge in [0.1, 0.15) is 40.4 Å². The van der Waals surface area contributed by atoms with Crippen molar-refractivity contribution in [1.82, 2.24) is 19.9 Å². The Morgan fingerprint density at radius 2 is 2.00 bits per heavy atom. The third kappa shape index (κ3) is 4.19. The van der Waals surface area contributed by atoms with Gasteiger partial charge in [0.15, 0.2) is 5.82 Å². The molecule has 4 aromatic rings. The summed E-state index contributed by atoms with van der Waals surface area (Å²) in [5.41, 5.74) is -0.703. The molecule has 0 saturated heterocycles. The van der Waals surface area contributed by atoms with Crippen LogP contribution in [0.2, 0.25) is 0 Å². The number of nitrogens with one attached hydrogen (secondary N) is 3. The van der Waals surface area contributed by atoms with Crippen LogP contribution in [0.3, 0.4) is 0 Å². The molecule has 0 radical (unpaired) electrons. The van der Waals surface area contributed by atoms with Crippen molar-refractivity contribution in [2.45, 2.75) is 13.3 Å². The molecule has 0 fully saturated rings. The Hall–Kier alpha value is -3.73. The zero-order valence-electron chi connectivity index (χ0n) is 16.9. The number of H-pyrrole nitrogens is 1. The molecule has 3 N–H and O–H groups in total. The molecule has 32 heavy (non-hydrogen) atoms. The second-order valence-corrected chi connectivity index (χ2v) is 8.06. The number of halogens is 2. The normalized spacial score (nSPS) is 12.0.